The lowest BCUT2D eigenvalue weighted by atomic mass is 9.99. The maximum Gasteiger partial charge on any atom is 0.328 e. The highest BCUT2D eigenvalue weighted by molar-refractivity contribution is 8.00. The summed E-state index contributed by atoms with van der Waals surface area (Å²) in [5.41, 5.74) is 2.44. The SMILES string of the molecule is CC[C@H](C)[C@@H](NC(=O)CSc1ccc(C)c(C)c1)C(=O)OC. The van der Waals surface area contributed by atoms with Gasteiger partial charge in [-0.25, -0.2) is 4.79 Å². The first-order chi connectivity index (χ1) is 10.4. The number of esters is 1. The first-order valence-electron chi connectivity index (χ1n) is 7.46. The number of thioether (sulfide) groups is 1. The smallest absolute Gasteiger partial charge is 0.328 e. The van der Waals surface area contributed by atoms with E-state index >= 15 is 0 Å². The van der Waals surface area contributed by atoms with Crippen molar-refractivity contribution < 1.29 is 14.3 Å². The van der Waals surface area contributed by atoms with Crippen LogP contribution in [0.3, 0.4) is 0 Å². The maximum absolute atomic E-state index is 12.1. The normalized spacial score (nSPS) is 13.3. The zero-order valence-corrected chi connectivity index (χ0v) is 14.8. The molecule has 22 heavy (non-hydrogen) atoms. The van der Waals surface area contributed by atoms with E-state index in [-0.39, 0.29) is 23.5 Å². The lowest BCUT2D eigenvalue weighted by Crippen LogP contribution is -2.46. The number of carbonyl (C=O) groups excluding carboxylic acids is 2. The molecule has 0 aliphatic carbocycles. The predicted octanol–water partition coefficient (Wildman–Crippen LogP) is 3.10. The molecule has 122 valence electrons. The van der Waals surface area contributed by atoms with Crippen LogP contribution in [0.1, 0.15) is 31.4 Å². The van der Waals surface area contributed by atoms with Crippen molar-refractivity contribution >= 4 is 23.6 Å². The summed E-state index contributed by atoms with van der Waals surface area (Å²) in [4.78, 5) is 24.9. The Bertz CT molecular complexity index is 531. The van der Waals surface area contributed by atoms with Crippen LogP contribution >= 0.6 is 11.8 Å². The molecule has 0 aliphatic rings. The van der Waals surface area contributed by atoms with Crippen LogP contribution in [0, 0.1) is 19.8 Å². The summed E-state index contributed by atoms with van der Waals surface area (Å²) in [6.07, 6.45) is 0.796. The van der Waals surface area contributed by atoms with Crippen LogP contribution in [0.15, 0.2) is 23.1 Å². The number of hydrogen-bond acceptors (Lipinski definition) is 4. The molecule has 0 saturated carbocycles. The van der Waals surface area contributed by atoms with E-state index < -0.39 is 6.04 Å². The van der Waals surface area contributed by atoms with E-state index in [9.17, 15) is 9.59 Å². The van der Waals surface area contributed by atoms with Crippen LogP contribution in [0.2, 0.25) is 0 Å². The molecular formula is C17H25NO3S. The Morgan fingerprint density at radius 1 is 1.27 bits per heavy atom. The van der Waals surface area contributed by atoms with Gasteiger partial charge in [0, 0.05) is 4.90 Å². The van der Waals surface area contributed by atoms with Crippen LogP contribution in [-0.4, -0.2) is 30.8 Å². The average Bonchev–Trinajstić information content (AvgIpc) is 2.52. The molecule has 0 radical (unpaired) electrons. The van der Waals surface area contributed by atoms with Gasteiger partial charge in [0.1, 0.15) is 6.04 Å². The third-order valence-corrected chi connectivity index (χ3v) is 4.83. The Morgan fingerprint density at radius 2 is 1.95 bits per heavy atom. The van der Waals surface area contributed by atoms with Gasteiger partial charge in [0.05, 0.1) is 12.9 Å². The van der Waals surface area contributed by atoms with E-state index in [0.717, 1.165) is 11.3 Å². The van der Waals surface area contributed by atoms with Gasteiger partial charge < -0.3 is 10.1 Å². The van der Waals surface area contributed by atoms with Crippen LogP contribution in [-0.2, 0) is 14.3 Å². The summed E-state index contributed by atoms with van der Waals surface area (Å²) in [7, 11) is 1.34. The molecule has 1 aromatic carbocycles. The van der Waals surface area contributed by atoms with E-state index in [0.29, 0.717) is 0 Å². The summed E-state index contributed by atoms with van der Waals surface area (Å²) in [6.45, 7) is 8.02. The van der Waals surface area contributed by atoms with Gasteiger partial charge in [0.25, 0.3) is 0 Å². The van der Waals surface area contributed by atoms with Crippen LogP contribution in [0.25, 0.3) is 0 Å². The molecule has 1 N–H and O–H groups in total. The van der Waals surface area contributed by atoms with Crippen molar-refractivity contribution in [1.82, 2.24) is 5.32 Å². The Morgan fingerprint density at radius 3 is 2.50 bits per heavy atom. The third kappa shape index (κ3) is 5.37. The van der Waals surface area contributed by atoms with Crippen molar-refractivity contribution in [2.45, 2.75) is 45.1 Å². The van der Waals surface area contributed by atoms with Crippen molar-refractivity contribution in [3.05, 3.63) is 29.3 Å². The fourth-order valence-electron chi connectivity index (χ4n) is 1.96. The average molecular weight is 323 g/mol. The Labute approximate surface area is 137 Å². The van der Waals surface area contributed by atoms with Gasteiger partial charge >= 0.3 is 5.97 Å². The number of carbonyl (C=O) groups is 2. The highest BCUT2D eigenvalue weighted by Crippen LogP contribution is 2.21. The standard InChI is InChI=1S/C17H25NO3S/c1-6-11(2)16(17(20)21-5)18-15(19)10-22-14-8-7-12(3)13(4)9-14/h7-9,11,16H,6,10H2,1-5H3,(H,18,19)/t11-,16+/m0/s1. The minimum Gasteiger partial charge on any atom is -0.467 e. The van der Waals surface area contributed by atoms with Crippen LogP contribution in [0.5, 0.6) is 0 Å². The Kier molecular flexibility index (Phi) is 7.45. The molecule has 0 aliphatic heterocycles. The summed E-state index contributed by atoms with van der Waals surface area (Å²) in [5, 5.41) is 2.78. The van der Waals surface area contributed by atoms with Gasteiger partial charge in [-0.2, -0.15) is 0 Å². The van der Waals surface area contributed by atoms with Gasteiger partial charge in [-0.1, -0.05) is 26.3 Å². The molecule has 1 amide bonds. The fraction of sp³-hybridized carbons (Fsp3) is 0.529. The number of rotatable bonds is 7. The van der Waals surface area contributed by atoms with Crippen LogP contribution in [0.4, 0.5) is 0 Å². The second-order valence-corrected chi connectivity index (χ2v) is 6.54. The lowest BCUT2D eigenvalue weighted by molar-refractivity contribution is -0.146. The van der Waals surface area contributed by atoms with Gasteiger partial charge in [-0.3, -0.25) is 4.79 Å². The predicted molar refractivity (Wildman–Crippen MR) is 90.0 cm³/mol. The molecule has 0 aromatic heterocycles. The number of amides is 1. The van der Waals surface area contributed by atoms with Crippen molar-refractivity contribution in [3.8, 4) is 0 Å². The molecule has 1 rings (SSSR count). The zero-order chi connectivity index (χ0) is 16.7. The van der Waals surface area contributed by atoms with Gasteiger partial charge in [0.15, 0.2) is 0 Å². The summed E-state index contributed by atoms with van der Waals surface area (Å²) >= 11 is 1.47. The summed E-state index contributed by atoms with van der Waals surface area (Å²) in [6, 6.07) is 5.54. The van der Waals surface area contributed by atoms with E-state index in [1.54, 1.807) is 0 Å². The molecule has 0 bridgehead atoms. The zero-order valence-electron chi connectivity index (χ0n) is 13.9. The molecule has 0 fully saturated rings. The van der Waals surface area contributed by atoms with Gasteiger partial charge in [0.2, 0.25) is 5.91 Å². The molecule has 0 heterocycles. The topological polar surface area (TPSA) is 55.4 Å². The second kappa shape index (κ2) is 8.83. The van der Waals surface area contributed by atoms with E-state index in [1.807, 2.05) is 26.0 Å². The first-order valence-corrected chi connectivity index (χ1v) is 8.44. The number of ether oxygens (including phenoxy) is 1. The molecule has 1 aromatic rings. The molecular weight excluding hydrogens is 298 g/mol. The monoisotopic (exact) mass is 323 g/mol. The minimum atomic E-state index is -0.581. The van der Waals surface area contributed by atoms with Gasteiger partial charge in [-0.05, 0) is 43.0 Å². The first kappa shape index (κ1) is 18.6. The van der Waals surface area contributed by atoms with Crippen molar-refractivity contribution in [2.24, 2.45) is 5.92 Å². The number of benzene rings is 1. The largest absolute Gasteiger partial charge is 0.467 e. The highest BCUT2D eigenvalue weighted by Gasteiger charge is 2.26. The molecule has 5 heteroatoms. The quantitative estimate of drug-likeness (QED) is 0.619. The lowest BCUT2D eigenvalue weighted by Gasteiger charge is -2.21. The molecule has 0 spiro atoms. The van der Waals surface area contributed by atoms with Crippen molar-refractivity contribution in [2.75, 3.05) is 12.9 Å². The van der Waals surface area contributed by atoms with Gasteiger partial charge in [-0.15, -0.1) is 11.8 Å². The molecule has 2 atom stereocenters. The Hall–Kier alpha value is -1.49. The highest BCUT2D eigenvalue weighted by atomic mass is 32.2. The number of methoxy groups -OCH3 is 1. The minimum absolute atomic E-state index is 0.0445. The van der Waals surface area contributed by atoms with Crippen molar-refractivity contribution in [1.29, 1.82) is 0 Å². The van der Waals surface area contributed by atoms with E-state index in [4.69, 9.17) is 4.74 Å². The number of hydrogen-bond donors (Lipinski definition) is 1. The molecule has 0 saturated heterocycles. The maximum atomic E-state index is 12.1. The second-order valence-electron chi connectivity index (χ2n) is 5.49. The number of aryl methyl sites for hydroxylation is 2. The third-order valence-electron chi connectivity index (χ3n) is 3.83. The number of nitrogens with one attached hydrogen (secondary N) is 1. The molecule has 4 nitrogen and oxygen atoms in total. The fourth-order valence-corrected chi connectivity index (χ4v) is 2.77. The van der Waals surface area contributed by atoms with Crippen LogP contribution < -0.4 is 5.32 Å². The van der Waals surface area contributed by atoms with Crippen molar-refractivity contribution in [3.63, 3.8) is 0 Å². The summed E-state index contributed by atoms with van der Waals surface area (Å²) < 4.78 is 4.77. The van der Waals surface area contributed by atoms with E-state index in [1.165, 1.54) is 30.0 Å². The Balaban J connectivity index is 2.60. The van der Waals surface area contributed by atoms with E-state index in [2.05, 4.69) is 25.2 Å². The molecule has 0 unspecified atom stereocenters. The summed E-state index contributed by atoms with van der Waals surface area (Å²) in [5.74, 6) is -0.215.